The zero-order valence-electron chi connectivity index (χ0n) is 8.19. The fraction of sp³-hybridized carbons (Fsp3) is 0.364. The van der Waals surface area contributed by atoms with Gasteiger partial charge in [0, 0.05) is 22.5 Å². The highest BCUT2D eigenvalue weighted by Crippen LogP contribution is 2.36. The van der Waals surface area contributed by atoms with Crippen molar-refractivity contribution in [3.8, 4) is 0 Å². The third kappa shape index (κ3) is 2.06. The lowest BCUT2D eigenvalue weighted by molar-refractivity contribution is -0.0560. The topological polar surface area (TPSA) is 41.8 Å². The number of hydrogen-bond acceptors (Lipinski definition) is 3. The number of benzene rings is 1. The molecule has 0 amide bonds. The Balaban J connectivity index is 2.25. The summed E-state index contributed by atoms with van der Waals surface area (Å²) in [6.07, 6.45) is 2.24. The summed E-state index contributed by atoms with van der Waals surface area (Å²) in [4.78, 5) is 0. The molecule has 3 nitrogen and oxygen atoms in total. The van der Waals surface area contributed by atoms with Crippen molar-refractivity contribution in [3.05, 3.63) is 34.3 Å². The van der Waals surface area contributed by atoms with E-state index in [0.717, 1.165) is 4.47 Å². The number of rotatable bonds is 3. The average Bonchev–Trinajstić information content (AvgIpc) is 2.16. The van der Waals surface area contributed by atoms with E-state index >= 15 is 0 Å². The molecule has 15 heavy (non-hydrogen) atoms. The van der Waals surface area contributed by atoms with Crippen LogP contribution in [0.25, 0.3) is 0 Å². The van der Waals surface area contributed by atoms with Gasteiger partial charge in [-0.1, -0.05) is 28.1 Å². The molecule has 1 N–H and O–H groups in total. The zero-order valence-corrected chi connectivity index (χ0v) is 9.77. The van der Waals surface area contributed by atoms with E-state index < -0.39 is 0 Å². The number of oxime groups is 1. The van der Waals surface area contributed by atoms with E-state index in [2.05, 4.69) is 33.2 Å². The summed E-state index contributed by atoms with van der Waals surface area (Å²) in [5, 5.41) is 11.5. The van der Waals surface area contributed by atoms with Crippen LogP contribution in [0.2, 0.25) is 0 Å². The Morgan fingerprint density at radius 2 is 2.33 bits per heavy atom. The maximum absolute atomic E-state index is 8.47. The van der Waals surface area contributed by atoms with E-state index in [-0.39, 0.29) is 5.41 Å². The van der Waals surface area contributed by atoms with E-state index in [4.69, 9.17) is 9.94 Å². The summed E-state index contributed by atoms with van der Waals surface area (Å²) in [7, 11) is 0. The minimum Gasteiger partial charge on any atom is -0.411 e. The van der Waals surface area contributed by atoms with E-state index in [1.165, 1.54) is 11.8 Å². The van der Waals surface area contributed by atoms with Gasteiger partial charge in [0.05, 0.1) is 13.2 Å². The van der Waals surface area contributed by atoms with Gasteiger partial charge in [0.15, 0.2) is 0 Å². The highest BCUT2D eigenvalue weighted by atomic mass is 79.9. The van der Waals surface area contributed by atoms with Crippen LogP contribution >= 0.6 is 15.9 Å². The van der Waals surface area contributed by atoms with E-state index in [1.807, 2.05) is 12.1 Å². The summed E-state index contributed by atoms with van der Waals surface area (Å²) in [6, 6.07) is 8.18. The van der Waals surface area contributed by atoms with Crippen molar-refractivity contribution in [2.24, 2.45) is 5.16 Å². The van der Waals surface area contributed by atoms with Gasteiger partial charge in [0.25, 0.3) is 0 Å². The van der Waals surface area contributed by atoms with Gasteiger partial charge >= 0.3 is 0 Å². The Bertz CT molecular complexity index is 375. The first-order chi connectivity index (χ1) is 7.27. The molecule has 2 rings (SSSR count). The first-order valence-corrected chi connectivity index (χ1v) is 5.56. The monoisotopic (exact) mass is 269 g/mol. The van der Waals surface area contributed by atoms with Crippen molar-refractivity contribution >= 4 is 22.1 Å². The van der Waals surface area contributed by atoms with Gasteiger partial charge in [-0.3, -0.25) is 0 Å². The minimum atomic E-state index is -0.00396. The molecule has 1 aliphatic heterocycles. The lowest BCUT2D eigenvalue weighted by Crippen LogP contribution is -2.47. The average molecular weight is 270 g/mol. The molecular formula is C11H12BrNO2. The maximum atomic E-state index is 8.47. The summed E-state index contributed by atoms with van der Waals surface area (Å²) in [5.74, 6) is 0. The van der Waals surface area contributed by atoms with Gasteiger partial charge < -0.3 is 9.94 Å². The molecular weight excluding hydrogens is 258 g/mol. The third-order valence-electron chi connectivity index (χ3n) is 2.76. The van der Waals surface area contributed by atoms with Crippen molar-refractivity contribution in [1.29, 1.82) is 0 Å². The smallest absolute Gasteiger partial charge is 0.0589 e. The summed E-state index contributed by atoms with van der Waals surface area (Å²) in [5.41, 5.74) is 1.22. The molecule has 0 spiro atoms. The van der Waals surface area contributed by atoms with Crippen molar-refractivity contribution in [2.75, 3.05) is 13.2 Å². The number of nitrogens with zero attached hydrogens (tertiary/aromatic N) is 1. The predicted molar refractivity (Wildman–Crippen MR) is 61.5 cm³/mol. The highest BCUT2D eigenvalue weighted by Gasteiger charge is 2.39. The zero-order chi connectivity index (χ0) is 10.7. The van der Waals surface area contributed by atoms with Crippen LogP contribution in [-0.4, -0.2) is 24.6 Å². The molecule has 1 saturated heterocycles. The molecule has 0 radical (unpaired) electrons. The van der Waals surface area contributed by atoms with Crippen LogP contribution in [0.15, 0.2) is 33.9 Å². The van der Waals surface area contributed by atoms with E-state index in [9.17, 15) is 0 Å². The number of ether oxygens (including phenoxy) is 1. The summed E-state index contributed by atoms with van der Waals surface area (Å²) >= 11 is 3.45. The van der Waals surface area contributed by atoms with Crippen molar-refractivity contribution in [2.45, 2.75) is 11.8 Å². The second-order valence-corrected chi connectivity index (χ2v) is 4.70. The quantitative estimate of drug-likeness (QED) is 0.521. The maximum Gasteiger partial charge on any atom is 0.0589 e. The van der Waals surface area contributed by atoms with Gasteiger partial charge in [0.1, 0.15) is 0 Å². The minimum absolute atomic E-state index is 0.00396. The SMILES string of the molecule is O/N=C/CC1(c2cccc(Br)c2)COC1. The number of halogens is 1. The van der Waals surface area contributed by atoms with E-state index in [0.29, 0.717) is 19.6 Å². The fourth-order valence-corrected chi connectivity index (χ4v) is 2.18. The second-order valence-electron chi connectivity index (χ2n) is 3.79. The molecule has 4 heteroatoms. The van der Waals surface area contributed by atoms with Crippen LogP contribution in [0.3, 0.4) is 0 Å². The Kier molecular flexibility index (Phi) is 3.07. The van der Waals surface area contributed by atoms with Crippen LogP contribution < -0.4 is 0 Å². The predicted octanol–water partition coefficient (Wildman–Crippen LogP) is 2.57. The fourth-order valence-electron chi connectivity index (χ4n) is 1.78. The summed E-state index contributed by atoms with van der Waals surface area (Å²) < 4.78 is 6.33. The molecule has 0 aliphatic carbocycles. The molecule has 0 bridgehead atoms. The van der Waals surface area contributed by atoms with Gasteiger partial charge in [-0.05, 0) is 17.7 Å². The summed E-state index contributed by atoms with van der Waals surface area (Å²) in [6.45, 7) is 1.38. The molecule has 1 aromatic rings. The Hall–Kier alpha value is -0.870. The van der Waals surface area contributed by atoms with Crippen LogP contribution in [0, 0.1) is 0 Å². The first-order valence-electron chi connectivity index (χ1n) is 4.76. The molecule has 1 fully saturated rings. The van der Waals surface area contributed by atoms with Crippen molar-refractivity contribution < 1.29 is 9.94 Å². The highest BCUT2D eigenvalue weighted by molar-refractivity contribution is 9.10. The van der Waals surface area contributed by atoms with Gasteiger partial charge in [-0.25, -0.2) is 0 Å². The van der Waals surface area contributed by atoms with Gasteiger partial charge in [0.2, 0.25) is 0 Å². The molecule has 1 aliphatic rings. The van der Waals surface area contributed by atoms with E-state index in [1.54, 1.807) is 0 Å². The largest absolute Gasteiger partial charge is 0.411 e. The van der Waals surface area contributed by atoms with Gasteiger partial charge in [-0.15, -0.1) is 5.16 Å². The Morgan fingerprint density at radius 1 is 1.53 bits per heavy atom. The molecule has 0 atom stereocenters. The van der Waals surface area contributed by atoms with Crippen LogP contribution in [0.1, 0.15) is 12.0 Å². The Morgan fingerprint density at radius 3 is 2.87 bits per heavy atom. The molecule has 0 saturated carbocycles. The van der Waals surface area contributed by atoms with Crippen LogP contribution in [-0.2, 0) is 10.2 Å². The van der Waals surface area contributed by atoms with Crippen LogP contribution in [0.4, 0.5) is 0 Å². The lowest BCUT2D eigenvalue weighted by Gasteiger charge is -2.41. The Labute approximate surface area is 96.9 Å². The molecule has 1 aromatic carbocycles. The normalized spacial score (nSPS) is 19.0. The van der Waals surface area contributed by atoms with Crippen LogP contribution in [0.5, 0.6) is 0 Å². The standard InChI is InChI=1S/C11H12BrNO2/c12-10-3-1-2-9(6-10)11(4-5-13-14)7-15-8-11/h1-3,5-6,14H,4,7-8H2/b13-5+. The molecule has 1 heterocycles. The lowest BCUT2D eigenvalue weighted by atomic mass is 9.76. The van der Waals surface area contributed by atoms with Gasteiger partial charge in [-0.2, -0.15) is 0 Å². The number of hydrogen-bond donors (Lipinski definition) is 1. The molecule has 0 unspecified atom stereocenters. The van der Waals surface area contributed by atoms with Crippen molar-refractivity contribution in [3.63, 3.8) is 0 Å². The third-order valence-corrected chi connectivity index (χ3v) is 3.25. The molecule has 0 aromatic heterocycles. The second kappa shape index (κ2) is 4.33. The molecule has 80 valence electrons. The van der Waals surface area contributed by atoms with Crippen molar-refractivity contribution in [1.82, 2.24) is 0 Å². The first kappa shape index (κ1) is 10.6.